The molecule has 3 rings (SSSR count). The van der Waals surface area contributed by atoms with Crippen LogP contribution >= 0.6 is 0 Å². The van der Waals surface area contributed by atoms with Crippen LogP contribution in [-0.4, -0.2) is 14.3 Å². The van der Waals surface area contributed by atoms with E-state index in [1.807, 2.05) is 43.3 Å². The Hall–Kier alpha value is -2.92. The average molecular weight is 394 g/mol. The number of sulfonamides is 1. The summed E-state index contributed by atoms with van der Waals surface area (Å²) in [5.41, 5.74) is 2.61. The molecule has 0 aliphatic rings. The van der Waals surface area contributed by atoms with E-state index in [2.05, 4.69) is 18.2 Å². The van der Waals surface area contributed by atoms with Crippen molar-refractivity contribution < 1.29 is 13.2 Å². The van der Waals surface area contributed by atoms with E-state index in [-0.39, 0.29) is 10.8 Å². The first-order chi connectivity index (χ1) is 13.4. The van der Waals surface area contributed by atoms with Crippen LogP contribution in [0, 0.1) is 6.92 Å². The summed E-state index contributed by atoms with van der Waals surface area (Å²) in [6, 6.07) is 23.2. The molecule has 5 heteroatoms. The number of benzene rings is 3. The van der Waals surface area contributed by atoms with Crippen molar-refractivity contribution in [3.05, 3.63) is 95.6 Å². The maximum atomic E-state index is 12.8. The second-order valence-corrected chi connectivity index (χ2v) is 8.44. The van der Waals surface area contributed by atoms with Gasteiger partial charge in [0.25, 0.3) is 10.0 Å². The van der Waals surface area contributed by atoms with E-state index in [1.165, 1.54) is 12.1 Å². The van der Waals surface area contributed by atoms with Crippen LogP contribution in [0.15, 0.2) is 88.2 Å². The van der Waals surface area contributed by atoms with Crippen molar-refractivity contribution in [3.8, 4) is 5.75 Å². The van der Waals surface area contributed by atoms with E-state index in [1.54, 1.807) is 30.3 Å². The topological polar surface area (TPSA) is 55.7 Å². The summed E-state index contributed by atoms with van der Waals surface area (Å²) in [6.07, 6.45) is 0. The van der Waals surface area contributed by atoms with E-state index < -0.39 is 10.0 Å². The fraction of sp³-hybridized carbons (Fsp3) is 0.174. The molecule has 0 aromatic heterocycles. The van der Waals surface area contributed by atoms with E-state index in [0.717, 1.165) is 11.1 Å². The zero-order valence-corrected chi connectivity index (χ0v) is 17.0. The quantitative estimate of drug-likeness (QED) is 0.435. The Morgan fingerprint density at radius 3 is 2.11 bits per heavy atom. The van der Waals surface area contributed by atoms with E-state index in [0.29, 0.717) is 17.2 Å². The summed E-state index contributed by atoms with van der Waals surface area (Å²) in [6.45, 7) is 6.12. The van der Waals surface area contributed by atoms with Crippen LogP contribution in [0.5, 0.6) is 5.75 Å². The molecule has 0 amide bonds. The molecule has 0 N–H and O–H groups in total. The summed E-state index contributed by atoms with van der Waals surface area (Å²) in [5, 5.41) is 0. The zero-order valence-electron chi connectivity index (χ0n) is 16.2. The van der Waals surface area contributed by atoms with Gasteiger partial charge in [-0.1, -0.05) is 62.4 Å². The molecule has 0 aliphatic carbocycles. The lowest BCUT2D eigenvalue weighted by molar-refractivity contribution is 0.544. The van der Waals surface area contributed by atoms with Gasteiger partial charge in [0, 0.05) is 5.56 Å². The maximum Gasteiger partial charge on any atom is 0.285 e. The highest BCUT2D eigenvalue weighted by molar-refractivity contribution is 7.90. The maximum absolute atomic E-state index is 12.8. The highest BCUT2D eigenvalue weighted by Gasteiger charge is 2.18. The molecule has 28 heavy (non-hydrogen) atoms. The van der Waals surface area contributed by atoms with Crippen molar-refractivity contribution >= 4 is 15.9 Å². The molecule has 3 aromatic rings. The Labute approximate surface area is 166 Å². The molecule has 0 heterocycles. The van der Waals surface area contributed by atoms with Crippen LogP contribution in [0.2, 0.25) is 0 Å². The van der Waals surface area contributed by atoms with Crippen LogP contribution in [-0.2, 0) is 10.0 Å². The van der Waals surface area contributed by atoms with E-state index in [9.17, 15) is 8.42 Å². The lowest BCUT2D eigenvalue weighted by atomic mass is 10.0. The van der Waals surface area contributed by atoms with Crippen LogP contribution < -0.4 is 4.74 Å². The van der Waals surface area contributed by atoms with Crippen molar-refractivity contribution in [1.82, 2.24) is 0 Å². The van der Waals surface area contributed by atoms with Crippen molar-refractivity contribution in [2.45, 2.75) is 31.6 Å². The van der Waals surface area contributed by atoms with Gasteiger partial charge in [0.2, 0.25) is 5.90 Å². The Bertz CT molecular complexity index is 1070. The lowest BCUT2D eigenvalue weighted by Crippen LogP contribution is -2.14. The Kier molecular flexibility index (Phi) is 5.95. The normalized spacial score (nSPS) is 12.2. The van der Waals surface area contributed by atoms with Crippen molar-refractivity contribution in [2.24, 2.45) is 4.40 Å². The van der Waals surface area contributed by atoms with Gasteiger partial charge >= 0.3 is 0 Å². The number of ether oxygens (including phenoxy) is 1. The number of rotatable bonds is 5. The number of aryl methyl sites for hydroxylation is 1. The fourth-order valence-corrected chi connectivity index (χ4v) is 3.62. The third-order valence-corrected chi connectivity index (χ3v) is 5.62. The molecule has 0 atom stereocenters. The van der Waals surface area contributed by atoms with Crippen LogP contribution in [0.4, 0.5) is 0 Å². The predicted molar refractivity (Wildman–Crippen MR) is 113 cm³/mol. The lowest BCUT2D eigenvalue weighted by Gasteiger charge is -2.14. The third-order valence-electron chi connectivity index (χ3n) is 4.35. The highest BCUT2D eigenvalue weighted by atomic mass is 32.2. The summed E-state index contributed by atoms with van der Waals surface area (Å²) in [7, 11) is -3.90. The van der Waals surface area contributed by atoms with Gasteiger partial charge in [-0.15, -0.1) is 4.40 Å². The summed E-state index contributed by atoms with van der Waals surface area (Å²) in [5.74, 6) is 0.971. The van der Waals surface area contributed by atoms with Gasteiger partial charge in [-0.05, 0) is 54.3 Å². The second-order valence-electron chi connectivity index (χ2n) is 6.83. The Morgan fingerprint density at radius 1 is 0.893 bits per heavy atom. The van der Waals surface area contributed by atoms with Crippen molar-refractivity contribution in [1.29, 1.82) is 0 Å². The minimum absolute atomic E-state index is 0.0495. The molecule has 0 unspecified atom stereocenters. The van der Waals surface area contributed by atoms with Gasteiger partial charge < -0.3 is 4.74 Å². The predicted octanol–water partition coefficient (Wildman–Crippen LogP) is 5.33. The number of nitrogens with zero attached hydrogens (tertiary/aromatic N) is 1. The molecule has 0 radical (unpaired) electrons. The molecule has 0 fully saturated rings. The third kappa shape index (κ3) is 4.67. The second kappa shape index (κ2) is 8.40. The molecule has 144 valence electrons. The Morgan fingerprint density at radius 2 is 1.50 bits per heavy atom. The minimum Gasteiger partial charge on any atom is -0.437 e. The minimum atomic E-state index is -3.90. The molecule has 0 saturated carbocycles. The van der Waals surface area contributed by atoms with Gasteiger partial charge in [-0.2, -0.15) is 8.42 Å². The van der Waals surface area contributed by atoms with Gasteiger partial charge in [-0.3, -0.25) is 0 Å². The van der Waals surface area contributed by atoms with Crippen molar-refractivity contribution in [3.63, 3.8) is 0 Å². The van der Waals surface area contributed by atoms with Crippen LogP contribution in [0.3, 0.4) is 0 Å². The standard InChI is InChI=1S/C23H23NO3S/c1-17(2)20-15-14-18(3)22(16-20)27-23(19-10-6-4-7-11-19)24-28(25,26)21-12-8-5-9-13-21/h4-17H,1-3H3. The smallest absolute Gasteiger partial charge is 0.285 e. The molecule has 0 spiro atoms. The van der Waals surface area contributed by atoms with Gasteiger partial charge in [0.15, 0.2) is 0 Å². The molecule has 3 aromatic carbocycles. The first kappa shape index (κ1) is 19.8. The molecule has 0 bridgehead atoms. The van der Waals surface area contributed by atoms with Crippen LogP contribution in [0.25, 0.3) is 0 Å². The number of hydrogen-bond acceptors (Lipinski definition) is 3. The van der Waals surface area contributed by atoms with Gasteiger partial charge in [0.1, 0.15) is 5.75 Å². The van der Waals surface area contributed by atoms with E-state index in [4.69, 9.17) is 4.74 Å². The summed E-state index contributed by atoms with van der Waals surface area (Å²) in [4.78, 5) is 0.125. The molecular formula is C23H23NO3S. The Balaban J connectivity index is 2.08. The largest absolute Gasteiger partial charge is 0.437 e. The fourth-order valence-electron chi connectivity index (χ4n) is 2.66. The summed E-state index contributed by atoms with van der Waals surface area (Å²) >= 11 is 0. The monoisotopic (exact) mass is 393 g/mol. The first-order valence-electron chi connectivity index (χ1n) is 9.10. The molecule has 4 nitrogen and oxygen atoms in total. The highest BCUT2D eigenvalue weighted by Crippen LogP contribution is 2.26. The average Bonchev–Trinajstić information content (AvgIpc) is 2.70. The SMILES string of the molecule is Cc1ccc(C(C)C)cc1OC(=NS(=O)(=O)c1ccccc1)c1ccccc1. The molecule has 0 saturated heterocycles. The zero-order chi connectivity index (χ0) is 20.1. The van der Waals surface area contributed by atoms with E-state index >= 15 is 0 Å². The van der Waals surface area contributed by atoms with Crippen molar-refractivity contribution in [2.75, 3.05) is 0 Å². The van der Waals surface area contributed by atoms with Crippen LogP contribution in [0.1, 0.15) is 36.5 Å². The molecular weight excluding hydrogens is 370 g/mol. The van der Waals surface area contributed by atoms with Gasteiger partial charge in [0.05, 0.1) is 4.90 Å². The molecule has 0 aliphatic heterocycles. The van der Waals surface area contributed by atoms with Gasteiger partial charge in [-0.25, -0.2) is 0 Å². The summed E-state index contributed by atoms with van der Waals surface area (Å²) < 4.78 is 35.7. The first-order valence-corrected chi connectivity index (χ1v) is 10.5. The number of hydrogen-bond donors (Lipinski definition) is 0.